The third kappa shape index (κ3) is 6.77. The Morgan fingerprint density at radius 3 is 2.65 bits per heavy atom. The first-order valence-corrected chi connectivity index (χ1v) is 11.8. The van der Waals surface area contributed by atoms with Crippen LogP contribution in [-0.2, 0) is 20.9 Å². The van der Waals surface area contributed by atoms with Gasteiger partial charge in [-0.1, -0.05) is 20.3 Å². The van der Waals surface area contributed by atoms with Crippen LogP contribution in [-0.4, -0.2) is 65.1 Å². The van der Waals surface area contributed by atoms with E-state index in [1.165, 1.54) is 0 Å². The molecule has 2 aliphatic rings. The number of rotatable bonds is 4. The van der Waals surface area contributed by atoms with Crippen molar-refractivity contribution < 1.29 is 14.3 Å². The third-order valence-corrected chi connectivity index (χ3v) is 6.50. The molecule has 0 unspecified atom stereocenters. The van der Waals surface area contributed by atoms with E-state index in [0.29, 0.717) is 25.6 Å². The van der Waals surface area contributed by atoms with Crippen LogP contribution in [0.15, 0.2) is 12.4 Å². The number of aromatic amines is 1. The second-order valence-corrected chi connectivity index (χ2v) is 9.69. The molecule has 2 amide bonds. The van der Waals surface area contributed by atoms with Crippen molar-refractivity contribution in [2.24, 2.45) is 11.3 Å². The predicted octanol–water partition coefficient (Wildman–Crippen LogP) is 2.23. The number of hydrogen-bond donors (Lipinski definition) is 3. The maximum Gasteiger partial charge on any atom is 0.242 e. The summed E-state index contributed by atoms with van der Waals surface area (Å²) in [6, 6.07) is -0.577. The first-order chi connectivity index (χ1) is 14.9. The van der Waals surface area contributed by atoms with E-state index in [4.69, 9.17) is 4.74 Å². The Hall–Kier alpha value is -1.93. The maximum atomic E-state index is 13.6. The number of imidazole rings is 1. The summed E-state index contributed by atoms with van der Waals surface area (Å²) in [5.74, 6) is 1.20. The monoisotopic (exact) mass is 433 g/mol. The Morgan fingerprint density at radius 2 is 1.97 bits per heavy atom. The van der Waals surface area contributed by atoms with E-state index in [1.807, 2.05) is 13.1 Å². The van der Waals surface area contributed by atoms with Gasteiger partial charge in [0.1, 0.15) is 11.9 Å². The summed E-state index contributed by atoms with van der Waals surface area (Å²) < 4.78 is 5.76. The van der Waals surface area contributed by atoms with Crippen molar-refractivity contribution in [1.29, 1.82) is 0 Å². The molecule has 2 aliphatic heterocycles. The second kappa shape index (κ2) is 11.1. The molecule has 0 radical (unpaired) electrons. The number of amides is 2. The normalized spacial score (nSPS) is 26.6. The molecule has 0 saturated carbocycles. The summed E-state index contributed by atoms with van der Waals surface area (Å²) in [5, 5.41) is 6.17. The number of ether oxygens (including phenoxy) is 1. The zero-order valence-corrected chi connectivity index (χ0v) is 19.3. The predicted molar refractivity (Wildman–Crippen MR) is 119 cm³/mol. The van der Waals surface area contributed by atoms with Crippen LogP contribution >= 0.6 is 0 Å². The fourth-order valence-electron chi connectivity index (χ4n) is 4.65. The van der Waals surface area contributed by atoms with E-state index in [2.05, 4.69) is 39.3 Å². The lowest BCUT2D eigenvalue weighted by atomic mass is 9.73. The van der Waals surface area contributed by atoms with Gasteiger partial charge in [0.05, 0.1) is 18.6 Å². The van der Waals surface area contributed by atoms with Crippen molar-refractivity contribution in [3.8, 4) is 0 Å². The SMILES string of the molecule is CC(C)C[C@@H]1NC(=O)C2(CCCCOC[C@@H](C)NC1=O)CCN(Cc1ncc[nH]1)CC2. The summed E-state index contributed by atoms with van der Waals surface area (Å²) >= 11 is 0. The molecule has 2 saturated heterocycles. The van der Waals surface area contributed by atoms with E-state index in [1.54, 1.807) is 6.20 Å². The van der Waals surface area contributed by atoms with Crippen LogP contribution in [0.3, 0.4) is 0 Å². The molecule has 8 heteroatoms. The Balaban J connectivity index is 1.71. The summed E-state index contributed by atoms with van der Waals surface area (Å²) in [6.45, 7) is 9.74. The van der Waals surface area contributed by atoms with E-state index in [9.17, 15) is 9.59 Å². The van der Waals surface area contributed by atoms with Crippen molar-refractivity contribution in [2.75, 3.05) is 26.3 Å². The highest BCUT2D eigenvalue weighted by Gasteiger charge is 2.42. The number of aromatic nitrogens is 2. The molecule has 0 bridgehead atoms. The van der Waals surface area contributed by atoms with Crippen LogP contribution in [0.2, 0.25) is 0 Å². The fourth-order valence-corrected chi connectivity index (χ4v) is 4.65. The number of piperidine rings is 1. The minimum Gasteiger partial charge on any atom is -0.379 e. The summed E-state index contributed by atoms with van der Waals surface area (Å²) in [5.41, 5.74) is -0.422. The topological polar surface area (TPSA) is 99.3 Å². The van der Waals surface area contributed by atoms with Gasteiger partial charge in [-0.15, -0.1) is 0 Å². The number of carbonyl (C=O) groups excluding carboxylic acids is 2. The second-order valence-electron chi connectivity index (χ2n) is 9.69. The highest BCUT2D eigenvalue weighted by Crippen LogP contribution is 2.37. The molecule has 3 N–H and O–H groups in total. The molecule has 1 aromatic heterocycles. The van der Waals surface area contributed by atoms with E-state index in [-0.39, 0.29) is 17.9 Å². The van der Waals surface area contributed by atoms with Crippen LogP contribution in [0.25, 0.3) is 0 Å². The molecule has 31 heavy (non-hydrogen) atoms. The molecule has 0 aliphatic carbocycles. The number of hydrogen-bond acceptors (Lipinski definition) is 5. The van der Waals surface area contributed by atoms with Gasteiger partial charge in [0.2, 0.25) is 11.8 Å². The molecular formula is C23H39N5O3. The highest BCUT2D eigenvalue weighted by atomic mass is 16.5. The van der Waals surface area contributed by atoms with Gasteiger partial charge >= 0.3 is 0 Å². The number of likely N-dealkylation sites (tertiary alicyclic amines) is 1. The molecule has 174 valence electrons. The molecule has 1 aromatic rings. The number of nitrogens with zero attached hydrogens (tertiary/aromatic N) is 2. The van der Waals surface area contributed by atoms with Crippen LogP contribution < -0.4 is 10.6 Å². The van der Waals surface area contributed by atoms with Gasteiger partial charge in [-0.3, -0.25) is 14.5 Å². The zero-order valence-electron chi connectivity index (χ0n) is 19.3. The Labute approximate surface area is 185 Å². The lowest BCUT2D eigenvalue weighted by molar-refractivity contribution is -0.138. The minimum atomic E-state index is -0.506. The van der Waals surface area contributed by atoms with E-state index >= 15 is 0 Å². The third-order valence-electron chi connectivity index (χ3n) is 6.50. The molecule has 2 atom stereocenters. The average Bonchev–Trinajstić information content (AvgIpc) is 3.23. The minimum absolute atomic E-state index is 0.0405. The van der Waals surface area contributed by atoms with Gasteiger partial charge in [0.25, 0.3) is 0 Å². The Morgan fingerprint density at radius 1 is 1.19 bits per heavy atom. The number of nitrogens with one attached hydrogen (secondary N) is 3. The van der Waals surface area contributed by atoms with Crippen LogP contribution in [0.1, 0.15) is 65.1 Å². The summed E-state index contributed by atoms with van der Waals surface area (Å²) in [4.78, 5) is 36.3. The van der Waals surface area contributed by atoms with Crippen molar-refractivity contribution in [2.45, 2.75) is 77.9 Å². The molecule has 3 heterocycles. The Bertz CT molecular complexity index is 698. The van der Waals surface area contributed by atoms with Crippen molar-refractivity contribution in [3.63, 3.8) is 0 Å². The lowest BCUT2D eigenvalue weighted by Crippen LogP contribution is -2.55. The van der Waals surface area contributed by atoms with Gasteiger partial charge in [-0.25, -0.2) is 4.98 Å². The van der Waals surface area contributed by atoms with Crippen LogP contribution in [0.5, 0.6) is 0 Å². The van der Waals surface area contributed by atoms with E-state index < -0.39 is 11.5 Å². The Kier molecular flexibility index (Phi) is 8.49. The molecule has 2 fully saturated rings. The molecule has 0 aromatic carbocycles. The first-order valence-electron chi connectivity index (χ1n) is 11.8. The number of H-pyrrole nitrogens is 1. The van der Waals surface area contributed by atoms with Gasteiger partial charge in [-0.2, -0.15) is 0 Å². The van der Waals surface area contributed by atoms with Gasteiger partial charge < -0.3 is 20.4 Å². The standard InChI is InChI=1S/C23H39N5O3/c1-17(2)14-19-21(29)26-18(3)16-31-13-5-4-6-23(22(30)27-19)7-11-28(12-8-23)15-20-24-9-10-25-20/h9-10,17-19H,4-8,11-16H2,1-3H3,(H,24,25)(H,26,29)(H,27,30)/t18-,19+/m1/s1. The zero-order chi connectivity index (χ0) is 22.3. The fraction of sp³-hybridized carbons (Fsp3) is 0.783. The average molecular weight is 434 g/mol. The maximum absolute atomic E-state index is 13.6. The van der Waals surface area contributed by atoms with Gasteiger partial charge in [0.15, 0.2) is 0 Å². The summed E-state index contributed by atoms with van der Waals surface area (Å²) in [6.07, 6.45) is 8.56. The highest BCUT2D eigenvalue weighted by molar-refractivity contribution is 5.90. The van der Waals surface area contributed by atoms with Crippen LogP contribution in [0, 0.1) is 11.3 Å². The largest absolute Gasteiger partial charge is 0.379 e. The molecule has 3 rings (SSSR count). The van der Waals surface area contributed by atoms with Crippen molar-refractivity contribution in [1.82, 2.24) is 25.5 Å². The summed E-state index contributed by atoms with van der Waals surface area (Å²) in [7, 11) is 0. The quantitative estimate of drug-likeness (QED) is 0.676. The van der Waals surface area contributed by atoms with Crippen molar-refractivity contribution in [3.05, 3.63) is 18.2 Å². The van der Waals surface area contributed by atoms with Crippen molar-refractivity contribution >= 4 is 11.8 Å². The first kappa shape index (κ1) is 23.7. The van der Waals surface area contributed by atoms with Crippen LogP contribution in [0.4, 0.5) is 0 Å². The number of carbonyl (C=O) groups is 2. The smallest absolute Gasteiger partial charge is 0.242 e. The van der Waals surface area contributed by atoms with Gasteiger partial charge in [-0.05, 0) is 58.0 Å². The molecule has 1 spiro atoms. The van der Waals surface area contributed by atoms with Gasteiger partial charge in [0, 0.05) is 25.0 Å². The molecular weight excluding hydrogens is 394 g/mol. The molecule has 8 nitrogen and oxygen atoms in total. The lowest BCUT2D eigenvalue weighted by Gasteiger charge is -2.41. The van der Waals surface area contributed by atoms with E-state index in [0.717, 1.165) is 57.6 Å².